The van der Waals surface area contributed by atoms with Gasteiger partial charge in [-0.2, -0.15) is 0 Å². The molecule has 5 heteroatoms. The Morgan fingerprint density at radius 3 is 2.15 bits per heavy atom. The van der Waals surface area contributed by atoms with Crippen molar-refractivity contribution < 1.29 is 26.2 Å². The molecule has 40 heavy (non-hydrogen) atoms. The Kier molecular flexibility index (Phi) is 8.49. The fourth-order valence-corrected chi connectivity index (χ4v) is 4.70. The van der Waals surface area contributed by atoms with E-state index in [0.717, 1.165) is 39.7 Å². The first-order chi connectivity index (χ1) is 19.3. The van der Waals surface area contributed by atoms with Crippen molar-refractivity contribution in [1.29, 1.82) is 0 Å². The Morgan fingerprint density at radius 2 is 1.40 bits per heavy atom. The number of para-hydroxylation sites is 2. The Labute approximate surface area is 248 Å². The third-order valence-electron chi connectivity index (χ3n) is 6.56. The molecule has 0 bridgehead atoms. The molecule has 198 valence electrons. The van der Waals surface area contributed by atoms with Crippen LogP contribution in [0, 0.1) is 6.07 Å². The van der Waals surface area contributed by atoms with Crippen LogP contribution in [-0.2, 0) is 27.5 Å². The second-order valence-corrected chi connectivity index (χ2v) is 9.19. The van der Waals surface area contributed by atoms with E-state index >= 15 is 0 Å². The maximum absolute atomic E-state index is 10.7. The van der Waals surface area contributed by atoms with Crippen molar-refractivity contribution in [2.75, 3.05) is 4.90 Å². The smallest absolute Gasteiger partial charge is 0.136 e. The predicted molar refractivity (Wildman–Crippen MR) is 157 cm³/mol. The molecule has 0 radical (unpaired) electrons. The summed E-state index contributed by atoms with van der Waals surface area (Å²) in [7, 11) is 0. The van der Waals surface area contributed by atoms with Crippen molar-refractivity contribution in [2.24, 2.45) is 0 Å². The van der Waals surface area contributed by atoms with Gasteiger partial charge in [0.15, 0.2) is 0 Å². The van der Waals surface area contributed by atoms with Gasteiger partial charge in [0.25, 0.3) is 0 Å². The van der Waals surface area contributed by atoms with E-state index in [1.807, 2.05) is 97.1 Å². The topological polar surface area (TPSA) is 49.3 Å². The van der Waals surface area contributed by atoms with Crippen LogP contribution in [0.5, 0.6) is 5.75 Å². The van der Waals surface area contributed by atoms with E-state index in [1.165, 1.54) is 5.56 Å². The van der Waals surface area contributed by atoms with Gasteiger partial charge in [-0.25, -0.2) is 4.98 Å². The number of hydrogen-bond donors (Lipinski definition) is 1. The van der Waals surface area contributed by atoms with Gasteiger partial charge in [0, 0.05) is 38.5 Å². The molecule has 0 saturated carbocycles. The number of pyridine rings is 2. The number of rotatable bonds is 7. The summed E-state index contributed by atoms with van der Waals surface area (Å²) in [4.78, 5) is 11.8. The van der Waals surface area contributed by atoms with E-state index in [0.29, 0.717) is 12.0 Å². The van der Waals surface area contributed by atoms with Crippen LogP contribution in [0.25, 0.3) is 22.5 Å². The molecule has 0 aliphatic heterocycles. The van der Waals surface area contributed by atoms with Crippen molar-refractivity contribution in [3.8, 4) is 28.3 Å². The van der Waals surface area contributed by atoms with Crippen molar-refractivity contribution in [2.45, 2.75) is 6.42 Å². The normalized spacial score (nSPS) is 10.5. The van der Waals surface area contributed by atoms with E-state index in [4.69, 9.17) is 4.98 Å². The molecule has 0 atom stereocenters. The molecule has 0 fully saturated rings. The Hall–Kier alpha value is -4.53. The number of phenolic OH excluding ortho intramolecular Hbond substituents is 1. The number of benzene rings is 4. The molecule has 2 heterocycles. The zero-order valence-electron chi connectivity index (χ0n) is 21.6. The van der Waals surface area contributed by atoms with Crippen molar-refractivity contribution >= 4 is 17.2 Å². The average molecular weight is 700 g/mol. The van der Waals surface area contributed by atoms with E-state index in [2.05, 4.69) is 46.3 Å². The van der Waals surface area contributed by atoms with Crippen LogP contribution in [0.2, 0.25) is 0 Å². The maximum atomic E-state index is 10.7. The minimum atomic E-state index is 0. The Bertz CT molecular complexity index is 1650. The van der Waals surface area contributed by atoms with Crippen LogP contribution < -0.4 is 4.90 Å². The summed E-state index contributed by atoms with van der Waals surface area (Å²) in [5, 5.41) is 10.7. The number of nitrogens with zero attached hydrogens (tertiary/aromatic N) is 3. The van der Waals surface area contributed by atoms with Crippen LogP contribution in [-0.4, -0.2) is 15.1 Å². The number of phenols is 1. The van der Waals surface area contributed by atoms with Crippen LogP contribution in [0.3, 0.4) is 0 Å². The number of anilines is 3. The second-order valence-electron chi connectivity index (χ2n) is 9.19. The molecule has 0 spiro atoms. The average Bonchev–Trinajstić information content (AvgIpc) is 3.00. The molecular weight excluding hydrogens is 673 g/mol. The van der Waals surface area contributed by atoms with Gasteiger partial charge in [-0.1, -0.05) is 78.9 Å². The monoisotopic (exact) mass is 699 g/mol. The van der Waals surface area contributed by atoms with E-state index < -0.39 is 0 Å². The SMILES string of the molecule is Oc1ccccc1-c1nc(-c2[c-]c(N(c3ccccc3)c3ccccn3)ccc2)ccc1Cc1ccccc1.[Pt]. The zero-order valence-corrected chi connectivity index (χ0v) is 23.9. The molecule has 4 nitrogen and oxygen atoms in total. The van der Waals surface area contributed by atoms with Gasteiger partial charge in [0.1, 0.15) is 11.6 Å². The summed E-state index contributed by atoms with van der Waals surface area (Å²) in [6, 6.07) is 47.5. The molecule has 0 aliphatic carbocycles. The molecule has 6 aromatic rings. The zero-order chi connectivity index (χ0) is 26.4. The van der Waals surface area contributed by atoms with E-state index in [1.54, 1.807) is 12.3 Å². The van der Waals surface area contributed by atoms with Gasteiger partial charge in [-0.15, -0.1) is 29.8 Å². The first-order valence-electron chi connectivity index (χ1n) is 12.9. The minimum Gasteiger partial charge on any atom is -0.507 e. The molecule has 6 rings (SSSR count). The largest absolute Gasteiger partial charge is 0.507 e. The predicted octanol–water partition coefficient (Wildman–Crippen LogP) is 8.37. The van der Waals surface area contributed by atoms with Gasteiger partial charge in [0.05, 0.1) is 5.69 Å². The quantitative estimate of drug-likeness (QED) is 0.170. The molecule has 0 amide bonds. The fraction of sp³-hybridized carbons (Fsp3) is 0.0286. The maximum Gasteiger partial charge on any atom is 0.136 e. The molecule has 0 saturated heterocycles. The molecule has 0 unspecified atom stereocenters. The Balaban J connectivity index is 0.00000323. The number of aromatic nitrogens is 2. The van der Waals surface area contributed by atoms with Crippen LogP contribution in [0.4, 0.5) is 17.2 Å². The third kappa shape index (κ3) is 5.88. The van der Waals surface area contributed by atoms with Crippen molar-refractivity contribution in [3.63, 3.8) is 0 Å². The first kappa shape index (κ1) is 27.1. The summed E-state index contributed by atoms with van der Waals surface area (Å²) < 4.78 is 0. The number of aromatic hydroxyl groups is 1. The first-order valence-corrected chi connectivity index (χ1v) is 12.9. The van der Waals surface area contributed by atoms with Gasteiger partial charge in [0.2, 0.25) is 0 Å². The second kappa shape index (κ2) is 12.5. The summed E-state index contributed by atoms with van der Waals surface area (Å²) >= 11 is 0. The van der Waals surface area contributed by atoms with E-state index in [-0.39, 0.29) is 26.8 Å². The third-order valence-corrected chi connectivity index (χ3v) is 6.56. The van der Waals surface area contributed by atoms with Crippen LogP contribution >= 0.6 is 0 Å². The molecule has 1 N–H and O–H groups in total. The van der Waals surface area contributed by atoms with Gasteiger partial charge < -0.3 is 10.0 Å². The summed E-state index contributed by atoms with van der Waals surface area (Å²) in [6.45, 7) is 0. The van der Waals surface area contributed by atoms with Crippen molar-refractivity contribution in [1.82, 2.24) is 9.97 Å². The molecule has 2 aromatic heterocycles. The summed E-state index contributed by atoms with van der Waals surface area (Å²) in [6.07, 6.45) is 2.50. The molecular formula is C35H26N3OPt-. The van der Waals surface area contributed by atoms with Gasteiger partial charge >= 0.3 is 0 Å². The Morgan fingerprint density at radius 1 is 0.675 bits per heavy atom. The van der Waals surface area contributed by atoms with E-state index in [9.17, 15) is 5.11 Å². The molecule has 0 aliphatic rings. The van der Waals surface area contributed by atoms with Gasteiger partial charge in [-0.3, -0.25) is 4.98 Å². The number of hydrogen-bond acceptors (Lipinski definition) is 4. The summed E-state index contributed by atoms with van der Waals surface area (Å²) in [5.41, 5.74) is 7.18. The standard InChI is InChI=1S/C35H26N3O.Pt/c39-33-19-8-7-18-31(33)35-28(24-26-12-3-1-4-13-26)21-22-32(37-35)27-14-11-17-30(25-27)38(29-15-5-2-6-16-29)34-20-9-10-23-36-34;/h1-23,39H,24H2;/q-1;. The minimum absolute atomic E-state index is 0. The fourth-order valence-electron chi connectivity index (χ4n) is 4.70. The van der Waals surface area contributed by atoms with Crippen molar-refractivity contribution in [3.05, 3.63) is 157 Å². The molecule has 4 aromatic carbocycles. The summed E-state index contributed by atoms with van der Waals surface area (Å²) in [5.74, 6) is 1.01. The van der Waals surface area contributed by atoms with Crippen LogP contribution in [0.1, 0.15) is 11.1 Å². The van der Waals surface area contributed by atoms with Crippen LogP contribution in [0.15, 0.2) is 140 Å². The van der Waals surface area contributed by atoms with Gasteiger partial charge in [-0.05, 0) is 65.3 Å².